The summed E-state index contributed by atoms with van der Waals surface area (Å²) in [6, 6.07) is 0. The largest absolute Gasteiger partial charge is 0.381 e. The number of nitrogens with one attached hydrogen (secondary N) is 1. The topological polar surface area (TPSA) is 21.3 Å². The summed E-state index contributed by atoms with van der Waals surface area (Å²) in [6.45, 7) is 10.2. The molecule has 0 aliphatic carbocycles. The molecule has 1 aliphatic heterocycles. The predicted octanol–water partition coefficient (Wildman–Crippen LogP) is 2.53. The minimum absolute atomic E-state index is 0.342. The zero-order valence-corrected chi connectivity index (χ0v) is 10.2. The van der Waals surface area contributed by atoms with Crippen molar-refractivity contribution < 1.29 is 4.74 Å². The SMILES string of the molecule is C/C=C\C(=C/C)CNCC1(C)CCOC1. The molecule has 15 heavy (non-hydrogen) atoms. The van der Waals surface area contributed by atoms with E-state index in [2.05, 4.69) is 44.3 Å². The van der Waals surface area contributed by atoms with E-state index in [0.29, 0.717) is 5.41 Å². The van der Waals surface area contributed by atoms with Gasteiger partial charge in [0.2, 0.25) is 0 Å². The van der Waals surface area contributed by atoms with Crippen LogP contribution in [0.4, 0.5) is 0 Å². The zero-order chi connectivity index (χ0) is 11.1. The van der Waals surface area contributed by atoms with Crippen molar-refractivity contribution in [2.75, 3.05) is 26.3 Å². The lowest BCUT2D eigenvalue weighted by Gasteiger charge is -2.22. The summed E-state index contributed by atoms with van der Waals surface area (Å²) in [7, 11) is 0. The summed E-state index contributed by atoms with van der Waals surface area (Å²) >= 11 is 0. The van der Waals surface area contributed by atoms with Gasteiger partial charge < -0.3 is 10.1 Å². The highest BCUT2D eigenvalue weighted by molar-refractivity contribution is 5.18. The molecule has 1 rings (SSSR count). The van der Waals surface area contributed by atoms with Gasteiger partial charge in [-0.05, 0) is 25.8 Å². The van der Waals surface area contributed by atoms with E-state index in [-0.39, 0.29) is 0 Å². The summed E-state index contributed by atoms with van der Waals surface area (Å²) in [5.74, 6) is 0. The average Bonchev–Trinajstić information content (AvgIpc) is 2.64. The second-order valence-electron chi connectivity index (χ2n) is 4.58. The highest BCUT2D eigenvalue weighted by Gasteiger charge is 2.28. The van der Waals surface area contributed by atoms with E-state index in [9.17, 15) is 0 Å². The first-order valence-corrected chi connectivity index (χ1v) is 5.76. The summed E-state index contributed by atoms with van der Waals surface area (Å²) < 4.78 is 5.42. The third-order valence-corrected chi connectivity index (χ3v) is 2.93. The molecular weight excluding hydrogens is 186 g/mol. The molecule has 2 nitrogen and oxygen atoms in total. The van der Waals surface area contributed by atoms with E-state index in [1.165, 1.54) is 12.0 Å². The lowest BCUT2D eigenvalue weighted by atomic mass is 9.90. The third-order valence-electron chi connectivity index (χ3n) is 2.93. The molecule has 1 heterocycles. The molecule has 1 aliphatic rings. The second kappa shape index (κ2) is 6.09. The Bertz CT molecular complexity index is 237. The van der Waals surface area contributed by atoms with Crippen LogP contribution in [0.15, 0.2) is 23.8 Å². The first-order chi connectivity index (χ1) is 7.20. The Morgan fingerprint density at radius 2 is 2.27 bits per heavy atom. The number of hydrogen-bond acceptors (Lipinski definition) is 2. The van der Waals surface area contributed by atoms with Gasteiger partial charge in [0.05, 0.1) is 6.61 Å². The van der Waals surface area contributed by atoms with E-state index >= 15 is 0 Å². The van der Waals surface area contributed by atoms with Crippen LogP contribution in [0.3, 0.4) is 0 Å². The Morgan fingerprint density at radius 3 is 2.80 bits per heavy atom. The van der Waals surface area contributed by atoms with Crippen molar-refractivity contribution in [1.29, 1.82) is 0 Å². The van der Waals surface area contributed by atoms with E-state index in [1.807, 2.05) is 0 Å². The first kappa shape index (κ1) is 12.5. The van der Waals surface area contributed by atoms with Crippen LogP contribution in [-0.4, -0.2) is 26.3 Å². The van der Waals surface area contributed by atoms with Crippen LogP contribution in [0.2, 0.25) is 0 Å². The second-order valence-corrected chi connectivity index (χ2v) is 4.58. The molecule has 86 valence electrons. The molecule has 1 unspecified atom stereocenters. The normalized spacial score (nSPS) is 27.8. The molecule has 0 amide bonds. The maximum absolute atomic E-state index is 5.42. The standard InChI is InChI=1S/C13H23NO/c1-4-6-12(5-2)9-14-10-13(3)7-8-15-11-13/h4-6,14H,7-11H2,1-3H3/b6-4-,12-5+. The van der Waals surface area contributed by atoms with Crippen molar-refractivity contribution in [3.8, 4) is 0 Å². The van der Waals surface area contributed by atoms with Crippen molar-refractivity contribution in [2.45, 2.75) is 27.2 Å². The fourth-order valence-electron chi connectivity index (χ4n) is 1.83. The fourth-order valence-corrected chi connectivity index (χ4v) is 1.83. The molecule has 0 spiro atoms. The number of allylic oxidation sites excluding steroid dienone is 2. The van der Waals surface area contributed by atoms with Gasteiger partial charge in [0.25, 0.3) is 0 Å². The first-order valence-electron chi connectivity index (χ1n) is 5.76. The Labute approximate surface area is 93.4 Å². The number of rotatable bonds is 5. The molecule has 1 atom stereocenters. The van der Waals surface area contributed by atoms with Gasteiger partial charge in [0.15, 0.2) is 0 Å². The van der Waals surface area contributed by atoms with Crippen molar-refractivity contribution in [3.63, 3.8) is 0 Å². The van der Waals surface area contributed by atoms with Gasteiger partial charge in [0.1, 0.15) is 0 Å². The molecule has 0 radical (unpaired) electrons. The fraction of sp³-hybridized carbons (Fsp3) is 0.692. The van der Waals surface area contributed by atoms with Crippen molar-refractivity contribution in [1.82, 2.24) is 5.32 Å². The Balaban J connectivity index is 2.25. The van der Waals surface area contributed by atoms with Gasteiger partial charge in [-0.25, -0.2) is 0 Å². The molecular formula is C13H23NO. The quantitative estimate of drug-likeness (QED) is 0.703. The molecule has 2 heteroatoms. The smallest absolute Gasteiger partial charge is 0.0532 e. The summed E-state index contributed by atoms with van der Waals surface area (Å²) in [4.78, 5) is 0. The third kappa shape index (κ3) is 4.18. The van der Waals surface area contributed by atoms with E-state index < -0.39 is 0 Å². The molecule has 0 aromatic rings. The van der Waals surface area contributed by atoms with Crippen molar-refractivity contribution in [3.05, 3.63) is 23.8 Å². The zero-order valence-electron chi connectivity index (χ0n) is 10.2. The van der Waals surface area contributed by atoms with Crippen LogP contribution < -0.4 is 5.32 Å². The van der Waals surface area contributed by atoms with Gasteiger partial charge >= 0.3 is 0 Å². The summed E-state index contributed by atoms with van der Waals surface area (Å²) in [5, 5.41) is 3.50. The highest BCUT2D eigenvalue weighted by atomic mass is 16.5. The monoisotopic (exact) mass is 209 g/mol. The lowest BCUT2D eigenvalue weighted by Crippen LogP contribution is -2.33. The Morgan fingerprint density at radius 1 is 1.47 bits per heavy atom. The molecule has 1 N–H and O–H groups in total. The van der Waals surface area contributed by atoms with E-state index in [0.717, 1.165) is 26.3 Å². The summed E-state index contributed by atoms with van der Waals surface area (Å²) in [5.41, 5.74) is 1.69. The van der Waals surface area contributed by atoms with E-state index in [1.54, 1.807) is 0 Å². The van der Waals surface area contributed by atoms with Crippen LogP contribution in [0, 0.1) is 5.41 Å². The highest BCUT2D eigenvalue weighted by Crippen LogP contribution is 2.26. The van der Waals surface area contributed by atoms with Gasteiger partial charge in [-0.2, -0.15) is 0 Å². The predicted molar refractivity (Wildman–Crippen MR) is 65.0 cm³/mol. The molecule has 0 bridgehead atoms. The van der Waals surface area contributed by atoms with Crippen LogP contribution in [-0.2, 0) is 4.74 Å². The Kier molecular flexibility index (Phi) is 5.06. The molecule has 1 fully saturated rings. The molecule has 0 aromatic carbocycles. The number of ether oxygens (including phenoxy) is 1. The minimum Gasteiger partial charge on any atom is -0.381 e. The van der Waals surface area contributed by atoms with Crippen molar-refractivity contribution in [2.24, 2.45) is 5.41 Å². The lowest BCUT2D eigenvalue weighted by molar-refractivity contribution is 0.159. The van der Waals surface area contributed by atoms with Crippen LogP contribution in [0.25, 0.3) is 0 Å². The van der Waals surface area contributed by atoms with Gasteiger partial charge in [0, 0.05) is 25.1 Å². The van der Waals surface area contributed by atoms with E-state index in [4.69, 9.17) is 4.74 Å². The molecule has 0 aromatic heterocycles. The minimum atomic E-state index is 0.342. The van der Waals surface area contributed by atoms with Crippen LogP contribution in [0.1, 0.15) is 27.2 Å². The van der Waals surface area contributed by atoms with Crippen LogP contribution in [0.5, 0.6) is 0 Å². The maximum Gasteiger partial charge on any atom is 0.0532 e. The summed E-state index contributed by atoms with van der Waals surface area (Å²) in [6.07, 6.45) is 7.56. The van der Waals surface area contributed by atoms with Crippen molar-refractivity contribution >= 4 is 0 Å². The van der Waals surface area contributed by atoms with Gasteiger partial charge in [-0.3, -0.25) is 0 Å². The molecule has 1 saturated heterocycles. The van der Waals surface area contributed by atoms with Gasteiger partial charge in [-0.15, -0.1) is 0 Å². The maximum atomic E-state index is 5.42. The average molecular weight is 209 g/mol. The number of hydrogen-bond donors (Lipinski definition) is 1. The molecule has 0 saturated carbocycles. The van der Waals surface area contributed by atoms with Gasteiger partial charge in [-0.1, -0.05) is 25.2 Å². The van der Waals surface area contributed by atoms with Crippen LogP contribution >= 0.6 is 0 Å². The Hall–Kier alpha value is -0.600.